The molecule has 28 heavy (non-hydrogen) atoms. The predicted octanol–water partition coefficient (Wildman–Crippen LogP) is 5.51. The van der Waals surface area contributed by atoms with Crippen molar-refractivity contribution in [2.45, 2.75) is 26.3 Å². The monoisotopic (exact) mass is 430 g/mol. The molecule has 0 fully saturated rings. The maximum atomic E-state index is 13.2. The number of fused-ring (bicyclic) bond motifs is 1. The van der Waals surface area contributed by atoms with Gasteiger partial charge in [0.25, 0.3) is 5.91 Å². The minimum Gasteiger partial charge on any atom is -0.337 e. The zero-order valence-electron chi connectivity index (χ0n) is 15.3. The molecule has 1 amide bonds. The Bertz CT molecular complexity index is 1090. The van der Waals surface area contributed by atoms with E-state index in [2.05, 4.69) is 24.0 Å². The van der Waals surface area contributed by atoms with E-state index in [1.807, 2.05) is 16.8 Å². The van der Waals surface area contributed by atoms with Gasteiger partial charge in [0.15, 0.2) is 5.13 Å². The van der Waals surface area contributed by atoms with Crippen molar-refractivity contribution in [3.05, 3.63) is 63.8 Å². The largest absolute Gasteiger partial charge is 0.337 e. The van der Waals surface area contributed by atoms with Crippen LogP contribution in [-0.2, 0) is 13.0 Å². The normalized spacial score (nSPS) is 11.2. The third kappa shape index (κ3) is 4.11. The third-order valence-electron chi connectivity index (χ3n) is 4.47. The lowest BCUT2D eigenvalue weighted by atomic mass is 10.2. The van der Waals surface area contributed by atoms with Crippen molar-refractivity contribution in [3.8, 4) is 0 Å². The van der Waals surface area contributed by atoms with Gasteiger partial charge < -0.3 is 4.57 Å². The summed E-state index contributed by atoms with van der Waals surface area (Å²) < 4.78 is 3.72. The summed E-state index contributed by atoms with van der Waals surface area (Å²) in [5, 5.41) is 0.725. The van der Waals surface area contributed by atoms with Crippen molar-refractivity contribution in [2.75, 3.05) is 11.4 Å². The first-order valence-corrected chi connectivity index (χ1v) is 11.1. The lowest BCUT2D eigenvalue weighted by molar-refractivity contribution is 0.0990. The van der Waals surface area contributed by atoms with Crippen LogP contribution in [0.5, 0.6) is 0 Å². The molecule has 0 unspecified atom stereocenters. The number of benzene rings is 1. The van der Waals surface area contributed by atoms with Crippen LogP contribution in [0.15, 0.2) is 49.1 Å². The lowest BCUT2D eigenvalue weighted by Crippen LogP contribution is -2.31. The van der Waals surface area contributed by atoms with Crippen molar-refractivity contribution in [1.82, 2.24) is 14.5 Å². The summed E-state index contributed by atoms with van der Waals surface area (Å²) in [7, 11) is 0. The molecule has 0 atom stereocenters. The van der Waals surface area contributed by atoms with Gasteiger partial charge in [-0.15, -0.1) is 11.3 Å². The molecule has 5 nitrogen and oxygen atoms in total. The average molecular weight is 431 g/mol. The van der Waals surface area contributed by atoms with Gasteiger partial charge in [-0.2, -0.15) is 0 Å². The molecule has 0 aliphatic carbocycles. The van der Waals surface area contributed by atoms with Gasteiger partial charge in [0.05, 0.1) is 25.8 Å². The highest BCUT2D eigenvalue weighted by Crippen LogP contribution is 2.32. The first kappa shape index (κ1) is 19.1. The van der Waals surface area contributed by atoms with Crippen LogP contribution >= 0.6 is 34.3 Å². The number of nitrogens with zero attached hydrogens (tertiary/aromatic N) is 4. The van der Waals surface area contributed by atoms with Crippen molar-refractivity contribution in [2.24, 2.45) is 0 Å². The Kier molecular flexibility index (Phi) is 5.75. The minimum atomic E-state index is -0.0581. The topological polar surface area (TPSA) is 51.0 Å². The standard InChI is InChI=1S/C20H19ClN4OS2/c1-2-14-4-5-15-17(12-14)28-20(23-15)25(10-3-9-24-11-8-22-13-24)19(26)16-6-7-18(21)27-16/h4-8,11-13H,2-3,9-10H2,1H3. The zero-order valence-corrected chi connectivity index (χ0v) is 17.7. The number of aromatic nitrogens is 3. The van der Waals surface area contributed by atoms with Gasteiger partial charge in [0.2, 0.25) is 0 Å². The Morgan fingerprint density at radius 3 is 2.86 bits per heavy atom. The summed E-state index contributed by atoms with van der Waals surface area (Å²) in [6.07, 6.45) is 7.25. The Labute approximate surface area is 176 Å². The van der Waals surface area contributed by atoms with Gasteiger partial charge in [-0.1, -0.05) is 35.9 Å². The molecule has 0 saturated heterocycles. The molecule has 0 aliphatic heterocycles. The maximum Gasteiger partial charge on any atom is 0.270 e. The second-order valence-corrected chi connectivity index (χ2v) is 9.09. The summed E-state index contributed by atoms with van der Waals surface area (Å²) in [5.74, 6) is -0.0581. The quantitative estimate of drug-likeness (QED) is 0.388. The predicted molar refractivity (Wildman–Crippen MR) is 117 cm³/mol. The molecule has 144 valence electrons. The number of carbonyl (C=O) groups is 1. The van der Waals surface area contributed by atoms with Crippen LogP contribution in [0.2, 0.25) is 4.34 Å². The van der Waals surface area contributed by atoms with Crippen molar-refractivity contribution in [3.63, 3.8) is 0 Å². The van der Waals surface area contributed by atoms with E-state index in [1.54, 1.807) is 40.9 Å². The van der Waals surface area contributed by atoms with E-state index in [9.17, 15) is 4.79 Å². The molecule has 4 rings (SSSR count). The van der Waals surface area contributed by atoms with E-state index in [0.29, 0.717) is 15.8 Å². The van der Waals surface area contributed by atoms with Gasteiger partial charge in [-0.3, -0.25) is 9.69 Å². The number of hydrogen-bond acceptors (Lipinski definition) is 5. The number of carbonyl (C=O) groups excluding carboxylic acids is 1. The van der Waals surface area contributed by atoms with Gasteiger partial charge in [0.1, 0.15) is 0 Å². The van der Waals surface area contributed by atoms with Gasteiger partial charge >= 0.3 is 0 Å². The summed E-state index contributed by atoms with van der Waals surface area (Å²) in [6, 6.07) is 9.82. The Hall–Kier alpha value is -2.22. The third-order valence-corrected chi connectivity index (χ3v) is 6.73. The molecule has 0 aliphatic rings. The van der Waals surface area contributed by atoms with Crippen molar-refractivity contribution in [1.29, 1.82) is 0 Å². The van der Waals surface area contributed by atoms with E-state index in [1.165, 1.54) is 16.9 Å². The number of aryl methyl sites for hydroxylation is 2. The first-order chi connectivity index (χ1) is 13.6. The summed E-state index contributed by atoms with van der Waals surface area (Å²) >= 11 is 8.91. The van der Waals surface area contributed by atoms with Crippen molar-refractivity contribution < 1.29 is 4.79 Å². The first-order valence-electron chi connectivity index (χ1n) is 9.06. The second kappa shape index (κ2) is 8.43. The summed E-state index contributed by atoms with van der Waals surface area (Å²) in [4.78, 5) is 24.4. The summed E-state index contributed by atoms with van der Waals surface area (Å²) in [5.41, 5.74) is 2.19. The highest BCUT2D eigenvalue weighted by Gasteiger charge is 2.22. The molecule has 0 spiro atoms. The Balaban J connectivity index is 1.62. The molecule has 4 aromatic rings. The van der Waals surface area contributed by atoms with Crippen LogP contribution in [0.1, 0.15) is 28.6 Å². The summed E-state index contributed by atoms with van der Waals surface area (Å²) in [6.45, 7) is 3.50. The number of rotatable bonds is 7. The number of imidazole rings is 1. The number of halogens is 1. The van der Waals surface area contributed by atoms with Gasteiger partial charge in [0, 0.05) is 25.5 Å². The van der Waals surface area contributed by atoms with Crippen LogP contribution in [0.4, 0.5) is 5.13 Å². The smallest absolute Gasteiger partial charge is 0.270 e. The molecule has 0 bridgehead atoms. The molecule has 8 heteroatoms. The van der Waals surface area contributed by atoms with E-state index >= 15 is 0 Å². The minimum absolute atomic E-state index is 0.0581. The van der Waals surface area contributed by atoms with Gasteiger partial charge in [-0.05, 0) is 42.7 Å². The Morgan fingerprint density at radius 1 is 1.25 bits per heavy atom. The zero-order chi connectivity index (χ0) is 19.5. The molecule has 1 aromatic carbocycles. The van der Waals surface area contributed by atoms with Crippen LogP contribution in [0.25, 0.3) is 10.2 Å². The van der Waals surface area contributed by atoms with Crippen LogP contribution in [-0.4, -0.2) is 27.0 Å². The fraction of sp³-hybridized carbons (Fsp3) is 0.250. The molecular weight excluding hydrogens is 412 g/mol. The van der Waals surface area contributed by atoms with Gasteiger partial charge in [-0.25, -0.2) is 9.97 Å². The number of hydrogen-bond donors (Lipinski definition) is 0. The Morgan fingerprint density at radius 2 is 2.14 bits per heavy atom. The molecular formula is C20H19ClN4OS2. The molecule has 3 aromatic heterocycles. The average Bonchev–Trinajstić information content (AvgIpc) is 3.44. The second-order valence-electron chi connectivity index (χ2n) is 6.37. The number of thiazole rings is 1. The van der Waals surface area contributed by atoms with E-state index in [-0.39, 0.29) is 5.91 Å². The fourth-order valence-corrected chi connectivity index (χ4v) is 5.01. The van der Waals surface area contributed by atoms with Crippen LogP contribution in [0, 0.1) is 0 Å². The molecule has 0 radical (unpaired) electrons. The van der Waals surface area contributed by atoms with Crippen LogP contribution in [0.3, 0.4) is 0 Å². The molecule has 3 heterocycles. The molecule has 0 N–H and O–H groups in total. The number of thiophene rings is 1. The van der Waals surface area contributed by atoms with E-state index < -0.39 is 0 Å². The van der Waals surface area contributed by atoms with Crippen LogP contribution < -0.4 is 4.90 Å². The highest BCUT2D eigenvalue weighted by molar-refractivity contribution is 7.22. The fourth-order valence-electron chi connectivity index (χ4n) is 2.97. The highest BCUT2D eigenvalue weighted by atomic mass is 35.5. The SMILES string of the molecule is CCc1ccc2nc(N(CCCn3ccnc3)C(=O)c3ccc(Cl)s3)sc2c1. The van der Waals surface area contributed by atoms with E-state index in [4.69, 9.17) is 16.6 Å². The number of amides is 1. The number of anilines is 1. The van der Waals surface area contributed by atoms with E-state index in [0.717, 1.165) is 34.7 Å². The lowest BCUT2D eigenvalue weighted by Gasteiger charge is -2.19. The maximum absolute atomic E-state index is 13.2. The molecule has 0 saturated carbocycles. The van der Waals surface area contributed by atoms with Crippen molar-refractivity contribution >= 4 is 55.5 Å².